The van der Waals surface area contributed by atoms with E-state index >= 15 is 0 Å². The third kappa shape index (κ3) is 5.87. The van der Waals surface area contributed by atoms with Crippen molar-refractivity contribution >= 4 is 12.1 Å². The Morgan fingerprint density at radius 3 is 2.31 bits per heavy atom. The molecule has 0 spiro atoms. The summed E-state index contributed by atoms with van der Waals surface area (Å²) in [5, 5.41) is 10.1. The summed E-state index contributed by atoms with van der Waals surface area (Å²) in [6, 6.07) is 5.62. The third-order valence-electron chi connectivity index (χ3n) is 3.94. The van der Waals surface area contributed by atoms with Crippen LogP contribution in [-0.2, 0) is 4.74 Å². The van der Waals surface area contributed by atoms with Gasteiger partial charge in [-0.3, -0.25) is 4.99 Å². The molecule has 1 amide bonds. The smallest absolute Gasteiger partial charge is 0.410 e. The predicted molar refractivity (Wildman–Crippen MR) is 97.2 cm³/mol. The molecule has 3 N–H and O–H groups in total. The van der Waals surface area contributed by atoms with Crippen molar-refractivity contribution in [1.82, 2.24) is 9.80 Å². The molecule has 7 nitrogen and oxygen atoms in total. The molecule has 1 fully saturated rings. The van der Waals surface area contributed by atoms with Gasteiger partial charge in [-0.25, -0.2) is 9.18 Å². The highest BCUT2D eigenvalue weighted by atomic mass is 19.1. The van der Waals surface area contributed by atoms with Crippen LogP contribution < -0.4 is 5.73 Å². The van der Waals surface area contributed by atoms with Crippen molar-refractivity contribution in [3.63, 3.8) is 0 Å². The highest BCUT2D eigenvalue weighted by Crippen LogP contribution is 2.14. The molecule has 1 aromatic rings. The maximum absolute atomic E-state index is 12.9. The molecule has 1 heterocycles. The van der Waals surface area contributed by atoms with Crippen LogP contribution in [0.5, 0.6) is 0 Å². The van der Waals surface area contributed by atoms with Gasteiger partial charge in [0, 0.05) is 26.2 Å². The van der Waals surface area contributed by atoms with Crippen LogP contribution >= 0.6 is 0 Å². The molecule has 0 aromatic heterocycles. The van der Waals surface area contributed by atoms with Gasteiger partial charge >= 0.3 is 6.09 Å². The van der Waals surface area contributed by atoms with Crippen LogP contribution in [0.2, 0.25) is 0 Å². The van der Waals surface area contributed by atoms with Gasteiger partial charge in [0.1, 0.15) is 11.4 Å². The molecule has 1 atom stereocenters. The van der Waals surface area contributed by atoms with Crippen molar-refractivity contribution in [2.24, 2.45) is 10.7 Å². The van der Waals surface area contributed by atoms with Gasteiger partial charge in [-0.15, -0.1) is 0 Å². The van der Waals surface area contributed by atoms with E-state index in [0.717, 1.165) is 0 Å². The van der Waals surface area contributed by atoms with E-state index in [2.05, 4.69) is 4.99 Å². The summed E-state index contributed by atoms with van der Waals surface area (Å²) in [6.45, 7) is 7.65. The van der Waals surface area contributed by atoms with Crippen LogP contribution in [0.25, 0.3) is 0 Å². The molecular formula is C18H27FN4O3. The fourth-order valence-corrected chi connectivity index (χ4v) is 2.51. The highest BCUT2D eigenvalue weighted by Gasteiger charge is 2.26. The Balaban J connectivity index is 1.83. The summed E-state index contributed by atoms with van der Waals surface area (Å²) in [7, 11) is 0. The Labute approximate surface area is 153 Å². The fourth-order valence-electron chi connectivity index (χ4n) is 2.51. The molecule has 1 saturated heterocycles. The number of aliphatic hydroxyl groups is 1. The van der Waals surface area contributed by atoms with E-state index in [4.69, 9.17) is 10.5 Å². The summed E-state index contributed by atoms with van der Waals surface area (Å²) < 4.78 is 18.3. The van der Waals surface area contributed by atoms with Crippen LogP contribution in [0, 0.1) is 5.82 Å². The monoisotopic (exact) mass is 366 g/mol. The molecule has 2 rings (SSSR count). The molecule has 0 saturated carbocycles. The first-order chi connectivity index (χ1) is 12.2. The first-order valence-corrected chi connectivity index (χ1v) is 8.62. The zero-order valence-electron chi connectivity index (χ0n) is 15.5. The van der Waals surface area contributed by atoms with Crippen LogP contribution in [0.3, 0.4) is 0 Å². The fraction of sp³-hybridized carbons (Fsp3) is 0.556. The minimum absolute atomic E-state index is 0.0870. The van der Waals surface area contributed by atoms with Crippen molar-refractivity contribution in [2.75, 3.05) is 32.7 Å². The van der Waals surface area contributed by atoms with Gasteiger partial charge in [0.05, 0.1) is 12.6 Å². The number of halogens is 1. The lowest BCUT2D eigenvalue weighted by Crippen LogP contribution is -2.53. The van der Waals surface area contributed by atoms with Crippen LogP contribution in [0.15, 0.2) is 29.3 Å². The normalized spacial score (nSPS) is 17.2. The van der Waals surface area contributed by atoms with Gasteiger partial charge < -0.3 is 25.4 Å². The summed E-state index contributed by atoms with van der Waals surface area (Å²) in [4.78, 5) is 19.8. The second-order valence-corrected chi connectivity index (χ2v) is 7.22. The molecule has 26 heavy (non-hydrogen) atoms. The van der Waals surface area contributed by atoms with Crippen molar-refractivity contribution < 1.29 is 19.0 Å². The lowest BCUT2D eigenvalue weighted by atomic mass is 10.1. The van der Waals surface area contributed by atoms with E-state index in [1.165, 1.54) is 24.3 Å². The van der Waals surface area contributed by atoms with Gasteiger partial charge in [-0.2, -0.15) is 0 Å². The average molecular weight is 366 g/mol. The van der Waals surface area contributed by atoms with Crippen molar-refractivity contribution in [1.29, 1.82) is 0 Å². The van der Waals surface area contributed by atoms with Crippen molar-refractivity contribution in [3.8, 4) is 0 Å². The quantitative estimate of drug-likeness (QED) is 0.628. The second-order valence-electron chi connectivity index (χ2n) is 7.22. The van der Waals surface area contributed by atoms with E-state index in [9.17, 15) is 14.3 Å². The van der Waals surface area contributed by atoms with Crippen LogP contribution in [-0.4, -0.2) is 65.3 Å². The Bertz CT molecular complexity index is 635. The number of hydrogen-bond acceptors (Lipinski definition) is 4. The summed E-state index contributed by atoms with van der Waals surface area (Å²) in [5.74, 6) is -0.0400. The molecule has 0 bridgehead atoms. The number of hydrogen-bond donors (Lipinski definition) is 2. The van der Waals surface area contributed by atoms with Crippen molar-refractivity contribution in [2.45, 2.75) is 32.5 Å². The second kappa shape index (κ2) is 8.35. The average Bonchev–Trinajstić information content (AvgIpc) is 2.58. The number of piperazine rings is 1. The molecule has 0 aliphatic carbocycles. The van der Waals surface area contributed by atoms with E-state index in [0.29, 0.717) is 37.7 Å². The zero-order chi connectivity index (χ0) is 19.3. The highest BCUT2D eigenvalue weighted by molar-refractivity contribution is 5.78. The van der Waals surface area contributed by atoms with E-state index in [1.54, 1.807) is 4.90 Å². The van der Waals surface area contributed by atoms with Crippen molar-refractivity contribution in [3.05, 3.63) is 35.6 Å². The molecule has 8 heteroatoms. The number of nitrogens with zero attached hydrogens (tertiary/aromatic N) is 3. The topological polar surface area (TPSA) is 91.4 Å². The molecular weight excluding hydrogens is 339 g/mol. The third-order valence-corrected chi connectivity index (χ3v) is 3.94. The van der Waals surface area contributed by atoms with Crippen LogP contribution in [0.4, 0.5) is 9.18 Å². The molecule has 0 radical (unpaired) electrons. The van der Waals surface area contributed by atoms with Gasteiger partial charge in [0.2, 0.25) is 0 Å². The Kier molecular flexibility index (Phi) is 6.42. The van der Waals surface area contributed by atoms with Gasteiger partial charge in [0.25, 0.3) is 0 Å². The zero-order valence-corrected chi connectivity index (χ0v) is 15.5. The number of amides is 1. The molecule has 1 aliphatic rings. The van der Waals surface area contributed by atoms with E-state index < -0.39 is 11.7 Å². The summed E-state index contributed by atoms with van der Waals surface area (Å²) in [5.41, 5.74) is 6.05. The number of carbonyl (C=O) groups excluding carboxylic acids is 1. The number of ether oxygens (including phenoxy) is 1. The van der Waals surface area contributed by atoms with Gasteiger partial charge in [-0.05, 0) is 38.5 Å². The largest absolute Gasteiger partial charge is 0.444 e. The Hall–Kier alpha value is -2.35. The molecule has 1 unspecified atom stereocenters. The molecule has 1 aromatic carbocycles. The summed E-state index contributed by atoms with van der Waals surface area (Å²) in [6.07, 6.45) is -1.18. The lowest BCUT2D eigenvalue weighted by Gasteiger charge is -2.36. The maximum Gasteiger partial charge on any atom is 0.410 e. The Morgan fingerprint density at radius 1 is 1.23 bits per heavy atom. The molecule has 144 valence electrons. The number of rotatable bonds is 3. The number of carbonyl (C=O) groups is 1. The number of benzene rings is 1. The molecule has 1 aliphatic heterocycles. The minimum Gasteiger partial charge on any atom is -0.444 e. The van der Waals surface area contributed by atoms with Crippen LogP contribution in [0.1, 0.15) is 32.4 Å². The minimum atomic E-state index is -0.850. The lowest BCUT2D eigenvalue weighted by molar-refractivity contribution is 0.0186. The first kappa shape index (κ1) is 20.0. The van der Waals surface area contributed by atoms with Gasteiger partial charge in [0.15, 0.2) is 5.96 Å². The van der Waals surface area contributed by atoms with E-state index in [1.807, 2.05) is 25.7 Å². The number of guanidine groups is 1. The SMILES string of the molecule is CC(C)(C)OC(=O)N1CCN(C(N)=NCC(O)c2ccc(F)cc2)CC1. The summed E-state index contributed by atoms with van der Waals surface area (Å²) >= 11 is 0. The Morgan fingerprint density at radius 2 is 1.77 bits per heavy atom. The predicted octanol–water partition coefficient (Wildman–Crippen LogP) is 1.73. The standard InChI is InChI=1S/C18H27FN4O3/c1-18(2,3)26-17(25)23-10-8-22(9-11-23)16(20)21-12-15(24)13-4-6-14(19)7-5-13/h4-7,15,24H,8-12H2,1-3H3,(H2,20,21). The van der Waals surface area contributed by atoms with Gasteiger partial charge in [-0.1, -0.05) is 12.1 Å². The van der Waals surface area contributed by atoms with E-state index in [-0.39, 0.29) is 18.5 Å². The first-order valence-electron chi connectivity index (χ1n) is 8.62. The number of aliphatic hydroxyl groups excluding tert-OH is 1. The number of aliphatic imine (C=N–C) groups is 1. The number of nitrogens with two attached hydrogens (primary N) is 1. The maximum atomic E-state index is 12.9.